The van der Waals surface area contributed by atoms with E-state index < -0.39 is 4.92 Å². The molecule has 0 amide bonds. The maximum absolute atomic E-state index is 10.9. The topological polar surface area (TPSA) is 84.0 Å². The van der Waals surface area contributed by atoms with Gasteiger partial charge >= 0.3 is 0 Å². The molecule has 8 heteroatoms. The number of fused-ring (bicyclic) bond motifs is 1. The van der Waals surface area contributed by atoms with Crippen molar-refractivity contribution in [3.63, 3.8) is 0 Å². The summed E-state index contributed by atoms with van der Waals surface area (Å²) >= 11 is 1.28. The van der Waals surface area contributed by atoms with Gasteiger partial charge in [0.15, 0.2) is 0 Å². The van der Waals surface area contributed by atoms with Crippen molar-refractivity contribution in [2.24, 2.45) is 10.2 Å². The van der Waals surface area contributed by atoms with Crippen LogP contribution in [0.2, 0.25) is 0 Å². The molecule has 0 aliphatic heterocycles. The van der Waals surface area contributed by atoms with Gasteiger partial charge in [-0.05, 0) is 49.2 Å². The Kier molecular flexibility index (Phi) is 5.73. The fourth-order valence-electron chi connectivity index (χ4n) is 3.20. The third-order valence-corrected chi connectivity index (χ3v) is 5.88. The van der Waals surface area contributed by atoms with E-state index in [4.69, 9.17) is 0 Å². The zero-order valence-electron chi connectivity index (χ0n) is 17.4. The SMILES string of the molecule is Cc1ccc(CN(C)c2ccc(N=Nc3nc4ccc([N+](=O)[O-])cc4s3)c(C)c2)cc1. The lowest BCUT2D eigenvalue weighted by molar-refractivity contribution is -0.384. The molecule has 0 N–H and O–H groups in total. The smallest absolute Gasteiger partial charge is 0.270 e. The molecule has 4 aromatic rings. The molecule has 1 aromatic heterocycles. The van der Waals surface area contributed by atoms with Crippen molar-refractivity contribution in [1.82, 2.24) is 4.98 Å². The first-order chi connectivity index (χ1) is 14.9. The highest BCUT2D eigenvalue weighted by molar-refractivity contribution is 7.21. The lowest BCUT2D eigenvalue weighted by Gasteiger charge is -2.20. The summed E-state index contributed by atoms with van der Waals surface area (Å²) in [5, 5.41) is 20.0. The predicted molar refractivity (Wildman–Crippen MR) is 125 cm³/mol. The van der Waals surface area contributed by atoms with E-state index in [0.29, 0.717) is 15.3 Å². The van der Waals surface area contributed by atoms with Crippen LogP contribution < -0.4 is 4.90 Å². The fraction of sp³-hybridized carbons (Fsp3) is 0.174. The van der Waals surface area contributed by atoms with Gasteiger partial charge in [0.25, 0.3) is 5.69 Å². The third-order valence-electron chi connectivity index (χ3n) is 4.98. The first-order valence-electron chi connectivity index (χ1n) is 9.73. The molecule has 4 rings (SSSR count). The number of nitro benzene ring substituents is 1. The molecule has 0 unspecified atom stereocenters. The molecule has 0 spiro atoms. The van der Waals surface area contributed by atoms with Gasteiger partial charge in [-0.25, -0.2) is 4.98 Å². The highest BCUT2D eigenvalue weighted by Gasteiger charge is 2.10. The summed E-state index contributed by atoms with van der Waals surface area (Å²) in [6, 6.07) is 19.2. The number of aromatic nitrogens is 1. The first kappa shape index (κ1) is 20.6. The monoisotopic (exact) mass is 431 g/mol. The molecule has 0 aliphatic rings. The van der Waals surface area contributed by atoms with Crippen molar-refractivity contribution in [3.8, 4) is 0 Å². The molecule has 0 atom stereocenters. The van der Waals surface area contributed by atoms with Crippen LogP contribution in [-0.4, -0.2) is 17.0 Å². The first-order valence-corrected chi connectivity index (χ1v) is 10.5. The molecule has 0 radical (unpaired) electrons. The van der Waals surface area contributed by atoms with Crippen LogP contribution >= 0.6 is 11.3 Å². The van der Waals surface area contributed by atoms with E-state index in [9.17, 15) is 10.1 Å². The average Bonchev–Trinajstić information content (AvgIpc) is 3.16. The summed E-state index contributed by atoms with van der Waals surface area (Å²) in [6.45, 7) is 4.90. The van der Waals surface area contributed by atoms with Crippen molar-refractivity contribution in [3.05, 3.63) is 87.5 Å². The molecule has 31 heavy (non-hydrogen) atoms. The number of benzene rings is 3. The Labute approximate surface area is 183 Å². The normalized spacial score (nSPS) is 11.3. The number of nitrogens with zero attached hydrogens (tertiary/aromatic N) is 5. The minimum Gasteiger partial charge on any atom is -0.370 e. The highest BCUT2D eigenvalue weighted by atomic mass is 32.1. The second kappa shape index (κ2) is 8.61. The largest absolute Gasteiger partial charge is 0.370 e. The lowest BCUT2D eigenvalue weighted by Crippen LogP contribution is -2.16. The molecule has 0 fully saturated rings. The molecule has 156 valence electrons. The van der Waals surface area contributed by atoms with E-state index in [1.807, 2.05) is 19.1 Å². The Morgan fingerprint density at radius 1 is 1.03 bits per heavy atom. The Hall–Kier alpha value is -3.65. The van der Waals surface area contributed by atoms with E-state index >= 15 is 0 Å². The van der Waals surface area contributed by atoms with Crippen LogP contribution in [0.4, 0.5) is 22.2 Å². The molecule has 3 aromatic carbocycles. The second-order valence-corrected chi connectivity index (χ2v) is 8.43. The van der Waals surface area contributed by atoms with Gasteiger partial charge in [-0.3, -0.25) is 10.1 Å². The van der Waals surface area contributed by atoms with Gasteiger partial charge in [0.2, 0.25) is 5.13 Å². The highest BCUT2D eigenvalue weighted by Crippen LogP contribution is 2.33. The van der Waals surface area contributed by atoms with Crippen molar-refractivity contribution in [1.29, 1.82) is 0 Å². The number of anilines is 1. The summed E-state index contributed by atoms with van der Waals surface area (Å²) in [6.07, 6.45) is 0. The molecular weight excluding hydrogens is 410 g/mol. The Morgan fingerprint density at radius 2 is 1.81 bits per heavy atom. The van der Waals surface area contributed by atoms with E-state index in [1.54, 1.807) is 6.07 Å². The second-order valence-electron chi connectivity index (χ2n) is 7.42. The number of hydrogen-bond acceptors (Lipinski definition) is 7. The summed E-state index contributed by atoms with van der Waals surface area (Å²) in [7, 11) is 2.07. The Morgan fingerprint density at radius 3 is 2.52 bits per heavy atom. The number of non-ortho nitro benzene ring substituents is 1. The van der Waals surface area contributed by atoms with Crippen LogP contribution in [-0.2, 0) is 6.54 Å². The van der Waals surface area contributed by atoms with Crippen LogP contribution in [0.5, 0.6) is 0 Å². The van der Waals surface area contributed by atoms with E-state index in [1.165, 1.54) is 34.6 Å². The average molecular weight is 432 g/mol. The molecule has 0 bridgehead atoms. The molecular formula is C23H21N5O2S. The quantitative estimate of drug-likeness (QED) is 0.189. The Bertz CT molecular complexity index is 1280. The standard InChI is InChI=1S/C23H21N5O2S/c1-15-4-6-17(7-5-15)14-27(3)18-8-10-20(16(2)12-18)25-26-23-24-21-11-9-19(28(29)30)13-22(21)31-23/h4-13H,14H2,1-3H3. The van der Waals surface area contributed by atoms with Crippen LogP contribution in [0, 0.1) is 24.0 Å². The van der Waals surface area contributed by atoms with Crippen molar-refractivity contribution in [2.45, 2.75) is 20.4 Å². The number of azo groups is 1. The van der Waals surface area contributed by atoms with Gasteiger partial charge in [0.05, 0.1) is 20.8 Å². The minimum atomic E-state index is -0.416. The molecule has 0 aliphatic carbocycles. The number of nitro groups is 1. The summed E-state index contributed by atoms with van der Waals surface area (Å²) < 4.78 is 0.716. The predicted octanol–water partition coefficient (Wildman–Crippen LogP) is 6.87. The maximum atomic E-state index is 10.9. The zero-order chi connectivity index (χ0) is 22.0. The molecule has 7 nitrogen and oxygen atoms in total. The third kappa shape index (κ3) is 4.75. The molecule has 0 saturated carbocycles. The van der Waals surface area contributed by atoms with Crippen LogP contribution in [0.3, 0.4) is 0 Å². The van der Waals surface area contributed by atoms with Crippen molar-refractivity contribution >= 4 is 43.7 Å². The number of hydrogen-bond donors (Lipinski definition) is 0. The van der Waals surface area contributed by atoms with E-state index in [2.05, 4.69) is 64.4 Å². The minimum absolute atomic E-state index is 0.0424. The van der Waals surface area contributed by atoms with E-state index in [0.717, 1.165) is 23.5 Å². The van der Waals surface area contributed by atoms with Gasteiger partial charge in [0.1, 0.15) is 0 Å². The van der Waals surface area contributed by atoms with Gasteiger partial charge in [-0.2, -0.15) is 0 Å². The van der Waals surface area contributed by atoms with Crippen LogP contribution in [0.1, 0.15) is 16.7 Å². The maximum Gasteiger partial charge on any atom is 0.270 e. The van der Waals surface area contributed by atoms with Crippen molar-refractivity contribution in [2.75, 3.05) is 11.9 Å². The van der Waals surface area contributed by atoms with Gasteiger partial charge < -0.3 is 4.90 Å². The van der Waals surface area contributed by atoms with Gasteiger partial charge in [-0.1, -0.05) is 41.2 Å². The summed E-state index contributed by atoms with van der Waals surface area (Å²) in [4.78, 5) is 17.1. The zero-order valence-corrected chi connectivity index (χ0v) is 18.3. The van der Waals surface area contributed by atoms with Gasteiger partial charge in [0, 0.05) is 31.4 Å². The van der Waals surface area contributed by atoms with Crippen LogP contribution in [0.15, 0.2) is 70.9 Å². The number of rotatable bonds is 6. The molecule has 1 heterocycles. The number of thiazole rings is 1. The number of aryl methyl sites for hydroxylation is 2. The molecule has 0 saturated heterocycles. The Balaban J connectivity index is 1.50. The summed E-state index contributed by atoms with van der Waals surface area (Å²) in [5.74, 6) is 0. The fourth-order valence-corrected chi connectivity index (χ4v) is 4.02. The van der Waals surface area contributed by atoms with E-state index in [-0.39, 0.29) is 5.69 Å². The van der Waals surface area contributed by atoms with Gasteiger partial charge in [-0.15, -0.1) is 10.2 Å². The lowest BCUT2D eigenvalue weighted by atomic mass is 10.1. The van der Waals surface area contributed by atoms with Crippen molar-refractivity contribution < 1.29 is 4.92 Å². The summed E-state index contributed by atoms with van der Waals surface area (Å²) in [5.41, 5.74) is 6.10. The van der Waals surface area contributed by atoms with Crippen LogP contribution in [0.25, 0.3) is 10.2 Å².